The predicted octanol–water partition coefficient (Wildman–Crippen LogP) is 2.70. The highest BCUT2D eigenvalue weighted by Crippen LogP contribution is 2.35. The summed E-state index contributed by atoms with van der Waals surface area (Å²) in [7, 11) is 1.56. The molecule has 2 bridgehead atoms. The molecule has 0 radical (unpaired) electrons. The highest BCUT2D eigenvalue weighted by atomic mass is 16.5. The van der Waals surface area contributed by atoms with Crippen LogP contribution in [-0.4, -0.2) is 77.7 Å². The van der Waals surface area contributed by atoms with Gasteiger partial charge in [-0.05, 0) is 75.0 Å². The minimum atomic E-state index is -1.56. The predicted molar refractivity (Wildman–Crippen MR) is 165 cm³/mol. The van der Waals surface area contributed by atoms with Gasteiger partial charge in [0.05, 0.1) is 11.6 Å². The van der Waals surface area contributed by atoms with Gasteiger partial charge in [0.1, 0.15) is 23.9 Å². The summed E-state index contributed by atoms with van der Waals surface area (Å²) in [6.07, 6.45) is 4.95. The number of likely N-dealkylation sites (N-methyl/N-ethyl adjacent to an activating group) is 1. The summed E-state index contributed by atoms with van der Waals surface area (Å²) in [5.74, 6) is -0.401. The van der Waals surface area contributed by atoms with Gasteiger partial charge in [0.2, 0.25) is 17.7 Å². The van der Waals surface area contributed by atoms with Crippen LogP contribution in [0.4, 0.5) is 0 Å². The molecule has 5 atom stereocenters. The molecular weight excluding hydrogens is 544 g/mol. The molecule has 2 aromatic rings. The third-order valence-corrected chi connectivity index (χ3v) is 9.10. The van der Waals surface area contributed by atoms with Gasteiger partial charge in [-0.3, -0.25) is 14.4 Å². The molecule has 2 aromatic carbocycles. The van der Waals surface area contributed by atoms with Crippen LogP contribution in [0.2, 0.25) is 0 Å². The molecule has 9 heteroatoms. The summed E-state index contributed by atoms with van der Waals surface area (Å²) in [6, 6.07) is 13.2. The van der Waals surface area contributed by atoms with Crippen molar-refractivity contribution in [3.05, 3.63) is 65.2 Å². The Bertz CT molecular complexity index is 1310. The second kappa shape index (κ2) is 13.1. The fourth-order valence-electron chi connectivity index (χ4n) is 6.53. The first kappa shape index (κ1) is 31.0. The van der Waals surface area contributed by atoms with E-state index < -0.39 is 29.6 Å². The van der Waals surface area contributed by atoms with E-state index in [1.54, 1.807) is 7.05 Å². The lowest BCUT2D eigenvalue weighted by molar-refractivity contribution is -0.150. The van der Waals surface area contributed by atoms with E-state index in [4.69, 9.17) is 4.74 Å². The van der Waals surface area contributed by atoms with Crippen molar-refractivity contribution in [3.63, 3.8) is 0 Å². The third-order valence-electron chi connectivity index (χ3n) is 9.10. The number of benzene rings is 2. The molecule has 9 nitrogen and oxygen atoms in total. The Kier molecular flexibility index (Phi) is 9.42. The first-order chi connectivity index (χ1) is 20.5. The standard InChI is InChI=1S/C34H46N4O5/c1-21(22-10-6-5-7-11-22)27-31(39)35-19-9-14-24-12-8-13-25-17-18-26(43-29(24)25)20-36-28(23-15-16-23)33(41)38(4)30(32(40)37-27)34(2,3)42/h5-8,10-13,21,23,26-28,30,36,42H,9,14-20H2,1-4H3,(H,35,39)(H,37,40)/t21?,26?,27-,28+,30-/m1/s1. The van der Waals surface area contributed by atoms with Gasteiger partial charge in [0.15, 0.2) is 0 Å². The van der Waals surface area contributed by atoms with Crippen molar-refractivity contribution in [1.82, 2.24) is 20.9 Å². The number of amides is 3. The van der Waals surface area contributed by atoms with E-state index in [0.29, 0.717) is 19.5 Å². The van der Waals surface area contributed by atoms with Gasteiger partial charge in [0, 0.05) is 26.1 Å². The lowest BCUT2D eigenvalue weighted by Crippen LogP contribution is -2.64. The van der Waals surface area contributed by atoms with Crippen molar-refractivity contribution in [1.29, 1.82) is 0 Å². The number of aryl methyl sites for hydroxylation is 2. The van der Waals surface area contributed by atoms with Gasteiger partial charge in [-0.15, -0.1) is 0 Å². The number of nitrogens with one attached hydrogen (secondary N) is 3. The highest BCUT2D eigenvalue weighted by Gasteiger charge is 2.45. The van der Waals surface area contributed by atoms with Gasteiger partial charge >= 0.3 is 0 Å². The molecule has 2 aliphatic heterocycles. The fourth-order valence-corrected chi connectivity index (χ4v) is 6.53. The van der Waals surface area contributed by atoms with Crippen LogP contribution in [0.5, 0.6) is 5.75 Å². The van der Waals surface area contributed by atoms with E-state index in [1.807, 2.05) is 37.3 Å². The van der Waals surface area contributed by atoms with E-state index >= 15 is 0 Å². The number of para-hydroxylation sites is 1. The second-order valence-corrected chi connectivity index (χ2v) is 13.0. The molecular formula is C34H46N4O5. The molecule has 1 saturated carbocycles. The lowest BCUT2D eigenvalue weighted by Gasteiger charge is -2.39. The van der Waals surface area contributed by atoms with Gasteiger partial charge in [-0.1, -0.05) is 55.5 Å². The zero-order valence-electron chi connectivity index (χ0n) is 25.8. The second-order valence-electron chi connectivity index (χ2n) is 13.0. The van der Waals surface area contributed by atoms with Crippen molar-refractivity contribution >= 4 is 17.7 Å². The summed E-state index contributed by atoms with van der Waals surface area (Å²) in [5, 5.41) is 20.6. The minimum absolute atomic E-state index is 0.0831. The molecule has 0 spiro atoms. The SMILES string of the molecule is CC(c1ccccc1)[C@H]1NC(=O)[C@H](C(C)(C)O)N(C)C(=O)[C@H](C2CC2)NCC2CCc3cccc(c3O2)CCCNC1=O. The molecule has 0 saturated heterocycles. The molecule has 43 heavy (non-hydrogen) atoms. The summed E-state index contributed by atoms with van der Waals surface area (Å²) in [6.45, 7) is 5.88. The largest absolute Gasteiger partial charge is 0.489 e. The van der Waals surface area contributed by atoms with Crippen molar-refractivity contribution in [2.45, 2.75) is 95.0 Å². The lowest BCUT2D eigenvalue weighted by atomic mass is 9.90. The van der Waals surface area contributed by atoms with Crippen LogP contribution < -0.4 is 20.7 Å². The highest BCUT2D eigenvalue weighted by molar-refractivity contribution is 5.94. The number of hydrogen-bond acceptors (Lipinski definition) is 6. The van der Waals surface area contributed by atoms with Crippen LogP contribution in [0.3, 0.4) is 0 Å². The van der Waals surface area contributed by atoms with E-state index in [2.05, 4.69) is 34.1 Å². The number of fused-ring (bicyclic) bond motifs is 1. The van der Waals surface area contributed by atoms with Crippen LogP contribution in [0, 0.1) is 5.92 Å². The number of aliphatic hydroxyl groups is 1. The minimum Gasteiger partial charge on any atom is -0.489 e. The van der Waals surface area contributed by atoms with Crippen LogP contribution in [0.25, 0.3) is 0 Å². The zero-order valence-corrected chi connectivity index (χ0v) is 25.8. The molecule has 2 heterocycles. The molecule has 5 rings (SSSR count). The van der Waals surface area contributed by atoms with Crippen molar-refractivity contribution in [2.75, 3.05) is 20.1 Å². The first-order valence-electron chi connectivity index (χ1n) is 15.7. The van der Waals surface area contributed by atoms with E-state index in [9.17, 15) is 19.5 Å². The van der Waals surface area contributed by atoms with Gasteiger partial charge in [0.25, 0.3) is 0 Å². The number of nitrogens with zero attached hydrogens (tertiary/aromatic N) is 1. The van der Waals surface area contributed by atoms with E-state index in [1.165, 1.54) is 24.3 Å². The first-order valence-corrected chi connectivity index (χ1v) is 15.7. The Morgan fingerprint density at radius 3 is 2.33 bits per heavy atom. The molecule has 0 aromatic heterocycles. The van der Waals surface area contributed by atoms with Gasteiger partial charge in [-0.25, -0.2) is 0 Å². The number of carbonyl (C=O) groups excluding carboxylic acids is 3. The average Bonchev–Trinajstić information content (AvgIpc) is 3.82. The van der Waals surface area contributed by atoms with Crippen LogP contribution in [0.1, 0.15) is 69.1 Å². The van der Waals surface area contributed by atoms with Crippen molar-refractivity contribution in [3.8, 4) is 5.75 Å². The summed E-state index contributed by atoms with van der Waals surface area (Å²) in [4.78, 5) is 43.0. The van der Waals surface area contributed by atoms with Gasteiger partial charge in [-0.2, -0.15) is 0 Å². The molecule has 1 aliphatic carbocycles. The molecule has 3 aliphatic rings. The van der Waals surface area contributed by atoms with Crippen LogP contribution in [0.15, 0.2) is 48.5 Å². The molecule has 1 fully saturated rings. The smallest absolute Gasteiger partial charge is 0.246 e. The number of rotatable bonds is 4. The van der Waals surface area contributed by atoms with Crippen molar-refractivity contribution < 1.29 is 24.2 Å². The van der Waals surface area contributed by atoms with Crippen LogP contribution in [-0.2, 0) is 27.2 Å². The Hall–Kier alpha value is -3.43. The summed E-state index contributed by atoms with van der Waals surface area (Å²) < 4.78 is 6.50. The van der Waals surface area contributed by atoms with Crippen molar-refractivity contribution in [2.24, 2.45) is 5.92 Å². The van der Waals surface area contributed by atoms with Gasteiger partial charge < -0.3 is 30.7 Å². The molecule has 4 N–H and O–H groups in total. The van der Waals surface area contributed by atoms with E-state index in [-0.39, 0.29) is 29.8 Å². The number of ether oxygens (including phenoxy) is 1. The Balaban J connectivity index is 1.47. The summed E-state index contributed by atoms with van der Waals surface area (Å²) in [5.41, 5.74) is 1.64. The maximum absolute atomic E-state index is 14.0. The monoisotopic (exact) mass is 590 g/mol. The summed E-state index contributed by atoms with van der Waals surface area (Å²) >= 11 is 0. The normalized spacial score (nSPS) is 26.8. The third kappa shape index (κ3) is 7.21. The van der Waals surface area contributed by atoms with E-state index in [0.717, 1.165) is 49.0 Å². The molecule has 3 amide bonds. The topological polar surface area (TPSA) is 120 Å². The maximum Gasteiger partial charge on any atom is 0.246 e. The quantitative estimate of drug-likeness (QED) is 0.435. The number of carbonyl (C=O) groups is 3. The average molecular weight is 591 g/mol. The number of hydrogen-bond donors (Lipinski definition) is 4. The molecule has 2 unspecified atom stereocenters. The maximum atomic E-state index is 14.0. The Morgan fingerprint density at radius 1 is 0.953 bits per heavy atom. The Labute approximate surface area is 254 Å². The molecule has 232 valence electrons. The fraction of sp³-hybridized carbons (Fsp3) is 0.559. The van der Waals surface area contributed by atoms with Crippen LogP contribution >= 0.6 is 0 Å². The zero-order chi connectivity index (χ0) is 30.7. The Morgan fingerprint density at radius 2 is 1.65 bits per heavy atom.